The zero-order chi connectivity index (χ0) is 20.5. The molecule has 2 aromatic carbocycles. The number of carbonyl (C=O) groups excluding carboxylic acids is 1. The molecular weight excluding hydrogens is 372 g/mol. The second-order valence-electron chi connectivity index (χ2n) is 5.94. The quantitative estimate of drug-likeness (QED) is 0.569. The fraction of sp³-hybridized carbons (Fsp3) is 0.190. The number of urea groups is 1. The van der Waals surface area contributed by atoms with Crippen LogP contribution in [0.15, 0.2) is 60.7 Å². The lowest BCUT2D eigenvalue weighted by Crippen LogP contribution is -2.32. The molecule has 29 heavy (non-hydrogen) atoms. The van der Waals surface area contributed by atoms with Gasteiger partial charge >= 0.3 is 6.03 Å². The van der Waals surface area contributed by atoms with Crippen molar-refractivity contribution in [3.8, 4) is 28.6 Å². The molecule has 8 nitrogen and oxygen atoms in total. The Balaban J connectivity index is 1.41. The first-order valence-corrected chi connectivity index (χ1v) is 8.98. The Hall–Kier alpha value is -3.81. The van der Waals surface area contributed by atoms with Crippen LogP contribution in [0, 0.1) is 0 Å². The van der Waals surface area contributed by atoms with E-state index in [0.29, 0.717) is 18.1 Å². The van der Waals surface area contributed by atoms with Crippen LogP contribution < -0.4 is 24.8 Å². The number of nitrogens with one attached hydrogen (secondary N) is 2. The standard InChI is InChI=1S/C21H22N4O4/c1-27-17-7-3-15(4-8-17)19-11-12-20(25-24-19)29-14-13-22-21(26)23-16-5-9-18(28-2)10-6-16/h3-12H,13-14H2,1-2H3,(H2,22,23,26). The predicted octanol–water partition coefficient (Wildman–Crippen LogP) is 3.36. The Bertz CT molecular complexity index is 913. The molecule has 0 spiro atoms. The van der Waals surface area contributed by atoms with Crippen molar-refractivity contribution in [1.82, 2.24) is 15.5 Å². The highest BCUT2D eigenvalue weighted by Crippen LogP contribution is 2.21. The van der Waals surface area contributed by atoms with E-state index in [9.17, 15) is 4.79 Å². The SMILES string of the molecule is COc1ccc(NC(=O)NCCOc2ccc(-c3ccc(OC)cc3)nn2)cc1. The molecule has 0 radical (unpaired) electrons. The van der Waals surface area contributed by atoms with Crippen LogP contribution in [0.1, 0.15) is 0 Å². The topological polar surface area (TPSA) is 94.6 Å². The summed E-state index contributed by atoms with van der Waals surface area (Å²) >= 11 is 0. The van der Waals surface area contributed by atoms with Gasteiger partial charge in [0.15, 0.2) is 0 Å². The van der Waals surface area contributed by atoms with Gasteiger partial charge in [-0.2, -0.15) is 0 Å². The molecule has 0 atom stereocenters. The van der Waals surface area contributed by atoms with E-state index in [0.717, 1.165) is 22.8 Å². The Kier molecular flexibility index (Phi) is 6.83. The average Bonchev–Trinajstić information content (AvgIpc) is 2.78. The molecule has 0 aliphatic rings. The van der Waals surface area contributed by atoms with Crippen LogP contribution in [0.3, 0.4) is 0 Å². The van der Waals surface area contributed by atoms with Crippen molar-refractivity contribution in [3.05, 3.63) is 60.7 Å². The van der Waals surface area contributed by atoms with Crippen molar-refractivity contribution in [3.63, 3.8) is 0 Å². The van der Waals surface area contributed by atoms with E-state index in [1.54, 1.807) is 44.6 Å². The molecule has 3 aromatic rings. The number of rotatable bonds is 8. The van der Waals surface area contributed by atoms with Gasteiger partial charge < -0.3 is 24.8 Å². The van der Waals surface area contributed by atoms with Gasteiger partial charge in [-0.3, -0.25) is 0 Å². The Labute approximate surface area is 168 Å². The van der Waals surface area contributed by atoms with Crippen LogP contribution in [0.2, 0.25) is 0 Å². The average molecular weight is 394 g/mol. The summed E-state index contributed by atoms with van der Waals surface area (Å²) in [5, 5.41) is 13.7. The molecule has 8 heteroatoms. The van der Waals surface area contributed by atoms with E-state index < -0.39 is 0 Å². The van der Waals surface area contributed by atoms with Crippen molar-refractivity contribution in [1.29, 1.82) is 0 Å². The summed E-state index contributed by atoms with van der Waals surface area (Å²) in [6.45, 7) is 0.594. The molecule has 0 aliphatic heterocycles. The molecule has 3 rings (SSSR count). The number of anilines is 1. The van der Waals surface area contributed by atoms with Gasteiger partial charge in [-0.05, 0) is 54.6 Å². The van der Waals surface area contributed by atoms with Crippen molar-refractivity contribution in [2.45, 2.75) is 0 Å². The minimum absolute atomic E-state index is 0.270. The second kappa shape index (κ2) is 9.93. The number of ether oxygens (including phenoxy) is 3. The highest BCUT2D eigenvalue weighted by atomic mass is 16.5. The maximum absolute atomic E-state index is 11.9. The Morgan fingerprint density at radius 2 is 1.52 bits per heavy atom. The summed E-state index contributed by atoms with van der Waals surface area (Å²) in [6, 6.07) is 17.9. The van der Waals surface area contributed by atoms with Gasteiger partial charge in [-0.15, -0.1) is 10.2 Å². The molecule has 0 aliphatic carbocycles. The summed E-state index contributed by atoms with van der Waals surface area (Å²) in [5.74, 6) is 1.90. The first-order valence-electron chi connectivity index (χ1n) is 8.98. The zero-order valence-corrected chi connectivity index (χ0v) is 16.2. The predicted molar refractivity (Wildman–Crippen MR) is 110 cm³/mol. The van der Waals surface area contributed by atoms with E-state index >= 15 is 0 Å². The molecule has 1 aromatic heterocycles. The van der Waals surface area contributed by atoms with Crippen molar-refractivity contribution >= 4 is 11.7 Å². The summed E-state index contributed by atoms with van der Waals surface area (Å²) < 4.78 is 15.7. The molecule has 0 fully saturated rings. The van der Waals surface area contributed by atoms with Gasteiger partial charge in [0.25, 0.3) is 0 Å². The number of hydrogen-bond donors (Lipinski definition) is 2. The molecule has 0 unspecified atom stereocenters. The third kappa shape index (κ3) is 5.83. The second-order valence-corrected chi connectivity index (χ2v) is 5.94. The lowest BCUT2D eigenvalue weighted by Gasteiger charge is -2.09. The van der Waals surface area contributed by atoms with Crippen LogP contribution in [0.4, 0.5) is 10.5 Å². The van der Waals surface area contributed by atoms with Crippen LogP contribution in [0.5, 0.6) is 17.4 Å². The van der Waals surface area contributed by atoms with Gasteiger partial charge in [0, 0.05) is 17.3 Å². The third-order valence-corrected chi connectivity index (χ3v) is 4.01. The summed E-state index contributed by atoms with van der Waals surface area (Å²) in [6.07, 6.45) is 0. The maximum atomic E-state index is 11.9. The molecule has 2 amide bonds. The molecule has 0 bridgehead atoms. The van der Waals surface area contributed by atoms with Crippen LogP contribution in [0.25, 0.3) is 11.3 Å². The lowest BCUT2D eigenvalue weighted by atomic mass is 10.1. The summed E-state index contributed by atoms with van der Waals surface area (Å²) in [4.78, 5) is 11.9. The van der Waals surface area contributed by atoms with E-state index in [-0.39, 0.29) is 12.6 Å². The first-order chi connectivity index (χ1) is 14.2. The number of amides is 2. The summed E-state index contributed by atoms with van der Waals surface area (Å²) in [7, 11) is 3.21. The van der Waals surface area contributed by atoms with Gasteiger partial charge in [0.05, 0.1) is 26.5 Å². The smallest absolute Gasteiger partial charge is 0.319 e. The Morgan fingerprint density at radius 1 is 0.862 bits per heavy atom. The minimum atomic E-state index is -0.320. The van der Waals surface area contributed by atoms with Crippen LogP contribution >= 0.6 is 0 Å². The van der Waals surface area contributed by atoms with Crippen molar-refractivity contribution < 1.29 is 19.0 Å². The molecule has 150 valence electrons. The minimum Gasteiger partial charge on any atom is -0.497 e. The largest absolute Gasteiger partial charge is 0.497 e. The number of nitrogens with zero attached hydrogens (tertiary/aromatic N) is 2. The van der Waals surface area contributed by atoms with Crippen LogP contribution in [-0.4, -0.2) is 43.6 Å². The van der Waals surface area contributed by atoms with Gasteiger partial charge in [-0.1, -0.05) is 0 Å². The van der Waals surface area contributed by atoms with Crippen molar-refractivity contribution in [2.75, 3.05) is 32.7 Å². The third-order valence-electron chi connectivity index (χ3n) is 4.01. The van der Waals surface area contributed by atoms with E-state index in [4.69, 9.17) is 14.2 Å². The number of benzene rings is 2. The molecule has 0 saturated carbocycles. The number of aromatic nitrogens is 2. The summed E-state index contributed by atoms with van der Waals surface area (Å²) in [5.41, 5.74) is 2.34. The Morgan fingerprint density at radius 3 is 2.10 bits per heavy atom. The van der Waals surface area contributed by atoms with Crippen molar-refractivity contribution in [2.24, 2.45) is 0 Å². The number of carbonyl (C=O) groups is 1. The van der Waals surface area contributed by atoms with Gasteiger partial charge in [0.2, 0.25) is 5.88 Å². The molecule has 1 heterocycles. The fourth-order valence-corrected chi connectivity index (χ4v) is 2.48. The molecule has 0 saturated heterocycles. The lowest BCUT2D eigenvalue weighted by molar-refractivity contribution is 0.246. The van der Waals surface area contributed by atoms with E-state index in [1.807, 2.05) is 30.3 Å². The van der Waals surface area contributed by atoms with Crippen LogP contribution in [-0.2, 0) is 0 Å². The highest BCUT2D eigenvalue weighted by Gasteiger charge is 2.04. The number of methoxy groups -OCH3 is 2. The van der Waals surface area contributed by atoms with Gasteiger partial charge in [0.1, 0.15) is 18.1 Å². The fourth-order valence-electron chi connectivity index (χ4n) is 2.48. The highest BCUT2D eigenvalue weighted by molar-refractivity contribution is 5.89. The first kappa shape index (κ1) is 19.9. The van der Waals surface area contributed by atoms with Gasteiger partial charge in [-0.25, -0.2) is 4.79 Å². The molecule has 2 N–H and O–H groups in total. The normalized spacial score (nSPS) is 10.1. The molecular formula is C21H22N4O4. The van der Waals surface area contributed by atoms with E-state index in [2.05, 4.69) is 20.8 Å². The zero-order valence-electron chi connectivity index (χ0n) is 16.2. The number of hydrogen-bond acceptors (Lipinski definition) is 6. The monoisotopic (exact) mass is 394 g/mol. The van der Waals surface area contributed by atoms with E-state index in [1.165, 1.54) is 0 Å². The maximum Gasteiger partial charge on any atom is 0.319 e.